The summed E-state index contributed by atoms with van der Waals surface area (Å²) in [6.45, 7) is 2.03. The van der Waals surface area contributed by atoms with E-state index in [9.17, 15) is 4.79 Å². The highest BCUT2D eigenvalue weighted by Crippen LogP contribution is 2.30. The van der Waals surface area contributed by atoms with Gasteiger partial charge in [0, 0.05) is 19.0 Å². The van der Waals surface area contributed by atoms with Crippen LogP contribution in [-0.2, 0) is 6.54 Å². The smallest absolute Gasteiger partial charge is 0.317 e. The number of rotatable bonds is 3. The van der Waals surface area contributed by atoms with E-state index in [4.69, 9.17) is 4.52 Å². The Morgan fingerprint density at radius 1 is 1.26 bits per heavy atom. The molecule has 1 aromatic rings. The number of likely N-dealkylation sites (tertiary alicyclic amines) is 1. The summed E-state index contributed by atoms with van der Waals surface area (Å²) in [5, 5.41) is 6.85. The lowest BCUT2D eigenvalue weighted by Crippen LogP contribution is -2.47. The molecule has 19 heavy (non-hydrogen) atoms. The van der Waals surface area contributed by atoms with Gasteiger partial charge in [0.2, 0.25) is 5.89 Å². The Morgan fingerprint density at radius 3 is 2.74 bits per heavy atom. The summed E-state index contributed by atoms with van der Waals surface area (Å²) < 4.78 is 5.21. The number of hydrogen-bond acceptors (Lipinski definition) is 4. The molecular weight excluding hydrogens is 244 g/mol. The van der Waals surface area contributed by atoms with Gasteiger partial charge in [-0.15, -0.1) is 0 Å². The zero-order chi connectivity index (χ0) is 13.1. The van der Waals surface area contributed by atoms with Crippen LogP contribution < -0.4 is 5.32 Å². The third kappa shape index (κ3) is 2.88. The molecule has 3 rings (SSSR count). The van der Waals surface area contributed by atoms with E-state index in [1.54, 1.807) is 4.90 Å². The lowest BCUT2D eigenvalue weighted by atomic mass is 9.89. The molecule has 6 heteroatoms. The number of hydrogen-bond donors (Lipinski definition) is 1. The van der Waals surface area contributed by atoms with Crippen molar-refractivity contribution in [2.75, 3.05) is 13.1 Å². The summed E-state index contributed by atoms with van der Waals surface area (Å²) in [5.74, 6) is 1.76. The number of urea groups is 1. The summed E-state index contributed by atoms with van der Waals surface area (Å²) in [6.07, 6.45) is 7.21. The molecule has 1 saturated heterocycles. The molecule has 2 amide bonds. The van der Waals surface area contributed by atoms with E-state index in [0.29, 0.717) is 18.4 Å². The maximum atomic E-state index is 11.6. The van der Waals surface area contributed by atoms with Crippen molar-refractivity contribution in [1.29, 1.82) is 0 Å². The van der Waals surface area contributed by atoms with Gasteiger partial charge in [-0.1, -0.05) is 24.4 Å². The molecule has 0 unspecified atom stereocenters. The van der Waals surface area contributed by atoms with E-state index in [1.165, 1.54) is 19.3 Å². The molecule has 0 atom stereocenters. The Morgan fingerprint density at radius 2 is 2.05 bits per heavy atom. The number of amides is 2. The van der Waals surface area contributed by atoms with Crippen LogP contribution in [-0.4, -0.2) is 34.2 Å². The molecule has 1 aliphatic heterocycles. The number of aromatic nitrogens is 2. The lowest BCUT2D eigenvalue weighted by Gasteiger charge is -2.30. The quantitative estimate of drug-likeness (QED) is 0.906. The Hall–Kier alpha value is -1.59. The minimum Gasteiger partial charge on any atom is -0.337 e. The molecule has 2 fully saturated rings. The molecular formula is C13H20N4O2. The van der Waals surface area contributed by atoms with E-state index in [1.807, 2.05) is 0 Å². The van der Waals surface area contributed by atoms with Crippen molar-refractivity contribution in [2.24, 2.45) is 0 Å². The van der Waals surface area contributed by atoms with E-state index >= 15 is 0 Å². The maximum absolute atomic E-state index is 11.6. The predicted molar refractivity (Wildman–Crippen MR) is 68.5 cm³/mol. The second-order valence-corrected chi connectivity index (χ2v) is 5.38. The highest BCUT2D eigenvalue weighted by molar-refractivity contribution is 5.74. The third-order valence-corrected chi connectivity index (χ3v) is 3.99. The van der Waals surface area contributed by atoms with Crippen molar-refractivity contribution >= 4 is 6.03 Å². The van der Waals surface area contributed by atoms with Crippen molar-refractivity contribution in [3.05, 3.63) is 11.7 Å². The molecule has 2 aliphatic rings. The molecule has 0 radical (unpaired) electrons. The Labute approximate surface area is 112 Å². The summed E-state index contributed by atoms with van der Waals surface area (Å²) in [6, 6.07) is -0.0383. The molecule has 1 aliphatic carbocycles. The van der Waals surface area contributed by atoms with Crippen LogP contribution in [0.25, 0.3) is 0 Å². The molecule has 0 bridgehead atoms. The van der Waals surface area contributed by atoms with Gasteiger partial charge in [-0.25, -0.2) is 4.79 Å². The number of carbonyl (C=O) groups is 1. The second kappa shape index (κ2) is 5.59. The second-order valence-electron chi connectivity index (χ2n) is 5.38. The minimum atomic E-state index is -0.0383. The fourth-order valence-corrected chi connectivity index (χ4v) is 2.65. The van der Waals surface area contributed by atoms with Crippen LogP contribution >= 0.6 is 0 Å². The maximum Gasteiger partial charge on any atom is 0.317 e. The predicted octanol–water partition coefficient (Wildman–Crippen LogP) is 2.03. The zero-order valence-corrected chi connectivity index (χ0v) is 11.1. The van der Waals surface area contributed by atoms with Crippen molar-refractivity contribution in [2.45, 2.75) is 51.0 Å². The van der Waals surface area contributed by atoms with Gasteiger partial charge >= 0.3 is 6.03 Å². The Bertz CT molecular complexity index is 436. The fourth-order valence-electron chi connectivity index (χ4n) is 2.65. The van der Waals surface area contributed by atoms with Gasteiger partial charge in [0.25, 0.3) is 0 Å². The van der Waals surface area contributed by atoms with Crippen molar-refractivity contribution in [1.82, 2.24) is 20.4 Å². The molecule has 0 spiro atoms. The topological polar surface area (TPSA) is 71.3 Å². The largest absolute Gasteiger partial charge is 0.337 e. The first-order chi connectivity index (χ1) is 9.33. The molecule has 6 nitrogen and oxygen atoms in total. The van der Waals surface area contributed by atoms with Crippen LogP contribution in [0.1, 0.15) is 56.2 Å². The van der Waals surface area contributed by atoms with Gasteiger partial charge in [0.1, 0.15) is 0 Å². The van der Waals surface area contributed by atoms with Gasteiger partial charge in [-0.2, -0.15) is 4.98 Å². The zero-order valence-electron chi connectivity index (χ0n) is 11.1. The van der Waals surface area contributed by atoms with Crippen LogP contribution in [0.4, 0.5) is 4.79 Å². The standard InChI is InChI=1S/C13H20N4O2/c18-13(17-7-4-8-17)14-9-11-15-12(16-19-11)10-5-2-1-3-6-10/h10H,1-9H2,(H,14,18). The van der Waals surface area contributed by atoms with Crippen LogP contribution in [0.5, 0.6) is 0 Å². The SMILES string of the molecule is O=C(NCc1nc(C2CCCCC2)no1)N1CCC1. The van der Waals surface area contributed by atoms with E-state index in [0.717, 1.165) is 38.2 Å². The molecule has 1 aromatic heterocycles. The molecule has 0 aromatic carbocycles. The normalized spacial score (nSPS) is 20.1. The minimum absolute atomic E-state index is 0.0383. The lowest BCUT2D eigenvalue weighted by molar-refractivity contribution is 0.166. The van der Waals surface area contributed by atoms with Gasteiger partial charge in [-0.3, -0.25) is 0 Å². The third-order valence-electron chi connectivity index (χ3n) is 3.99. The van der Waals surface area contributed by atoms with Gasteiger partial charge in [0.15, 0.2) is 5.82 Å². The summed E-state index contributed by atoms with van der Waals surface area (Å²) in [5.41, 5.74) is 0. The average Bonchev–Trinajstić information content (AvgIpc) is 2.84. The number of carbonyl (C=O) groups excluding carboxylic acids is 1. The fraction of sp³-hybridized carbons (Fsp3) is 0.769. The molecule has 1 saturated carbocycles. The van der Waals surface area contributed by atoms with Crippen molar-refractivity contribution < 1.29 is 9.32 Å². The Kier molecular flexibility index (Phi) is 3.66. The Balaban J connectivity index is 1.51. The first-order valence-electron chi connectivity index (χ1n) is 7.18. The van der Waals surface area contributed by atoms with Crippen molar-refractivity contribution in [3.63, 3.8) is 0 Å². The number of nitrogens with one attached hydrogen (secondary N) is 1. The van der Waals surface area contributed by atoms with Crippen LogP contribution in [0.2, 0.25) is 0 Å². The highest BCUT2D eigenvalue weighted by atomic mass is 16.5. The molecule has 2 heterocycles. The van der Waals surface area contributed by atoms with E-state index in [2.05, 4.69) is 15.5 Å². The van der Waals surface area contributed by atoms with Crippen LogP contribution in [0.3, 0.4) is 0 Å². The summed E-state index contributed by atoms with van der Waals surface area (Å²) in [7, 11) is 0. The highest BCUT2D eigenvalue weighted by Gasteiger charge is 2.22. The number of nitrogens with zero attached hydrogens (tertiary/aromatic N) is 3. The van der Waals surface area contributed by atoms with E-state index < -0.39 is 0 Å². The van der Waals surface area contributed by atoms with Gasteiger partial charge in [-0.05, 0) is 19.3 Å². The monoisotopic (exact) mass is 264 g/mol. The first kappa shape index (κ1) is 12.4. The van der Waals surface area contributed by atoms with Gasteiger partial charge < -0.3 is 14.7 Å². The molecule has 1 N–H and O–H groups in total. The first-order valence-corrected chi connectivity index (χ1v) is 7.18. The van der Waals surface area contributed by atoms with E-state index in [-0.39, 0.29) is 6.03 Å². The molecule has 104 valence electrons. The van der Waals surface area contributed by atoms with Crippen LogP contribution in [0, 0.1) is 0 Å². The van der Waals surface area contributed by atoms with Crippen molar-refractivity contribution in [3.8, 4) is 0 Å². The summed E-state index contributed by atoms with van der Waals surface area (Å²) >= 11 is 0. The van der Waals surface area contributed by atoms with Crippen LogP contribution in [0.15, 0.2) is 4.52 Å². The average molecular weight is 264 g/mol. The van der Waals surface area contributed by atoms with Gasteiger partial charge in [0.05, 0.1) is 6.54 Å². The summed E-state index contributed by atoms with van der Waals surface area (Å²) in [4.78, 5) is 17.8.